The molecule has 1 fully saturated rings. The predicted octanol–water partition coefficient (Wildman–Crippen LogP) is 1.02. The fourth-order valence-electron chi connectivity index (χ4n) is 2.04. The lowest BCUT2D eigenvalue weighted by Crippen LogP contribution is -2.34. The number of rotatable bonds is 3. The molecule has 110 valence electrons. The summed E-state index contributed by atoms with van der Waals surface area (Å²) < 4.78 is 26.3. The van der Waals surface area contributed by atoms with Gasteiger partial charge in [0.05, 0.1) is 15.5 Å². The number of aromatic carboxylic acids is 1. The molecule has 1 aromatic rings. The van der Waals surface area contributed by atoms with Gasteiger partial charge in [-0.2, -0.15) is 4.31 Å². The standard InChI is InChI=1S/C12H15ClN2O4S/c13-11-8-9(2-3-10(11)12(16)17)20(18,19)15-6-1-4-14-5-7-15/h2-3,8,14H,1,4-7H2,(H,16,17). The van der Waals surface area contributed by atoms with Crippen LogP contribution in [0, 0.1) is 0 Å². The Morgan fingerprint density at radius 3 is 2.70 bits per heavy atom. The molecule has 0 atom stereocenters. The lowest BCUT2D eigenvalue weighted by atomic mass is 10.2. The summed E-state index contributed by atoms with van der Waals surface area (Å²) in [5.74, 6) is -1.18. The minimum atomic E-state index is -3.63. The van der Waals surface area contributed by atoms with Gasteiger partial charge in [-0.15, -0.1) is 0 Å². The van der Waals surface area contributed by atoms with Crippen molar-refractivity contribution in [3.05, 3.63) is 28.8 Å². The minimum Gasteiger partial charge on any atom is -0.478 e. The van der Waals surface area contributed by atoms with Gasteiger partial charge in [0.1, 0.15) is 0 Å². The average Bonchev–Trinajstić information content (AvgIpc) is 2.67. The molecule has 2 rings (SSSR count). The first-order valence-electron chi connectivity index (χ1n) is 6.16. The van der Waals surface area contributed by atoms with Crippen molar-refractivity contribution in [3.63, 3.8) is 0 Å². The average molecular weight is 319 g/mol. The summed E-state index contributed by atoms with van der Waals surface area (Å²) in [7, 11) is -3.63. The molecule has 0 bridgehead atoms. The van der Waals surface area contributed by atoms with Crippen LogP contribution in [0.15, 0.2) is 23.1 Å². The molecule has 1 aliphatic rings. The summed E-state index contributed by atoms with van der Waals surface area (Å²) in [6.07, 6.45) is 0.736. The Balaban J connectivity index is 2.34. The van der Waals surface area contributed by atoms with Gasteiger partial charge in [-0.25, -0.2) is 13.2 Å². The van der Waals surface area contributed by atoms with Crippen LogP contribution in [-0.2, 0) is 10.0 Å². The number of nitrogens with zero attached hydrogens (tertiary/aromatic N) is 1. The van der Waals surface area contributed by atoms with Crippen molar-refractivity contribution < 1.29 is 18.3 Å². The molecule has 1 heterocycles. The van der Waals surface area contributed by atoms with E-state index >= 15 is 0 Å². The second-order valence-electron chi connectivity index (χ2n) is 4.45. The predicted molar refractivity (Wildman–Crippen MR) is 74.7 cm³/mol. The third-order valence-electron chi connectivity index (χ3n) is 3.11. The molecule has 0 amide bonds. The zero-order chi connectivity index (χ0) is 14.8. The van der Waals surface area contributed by atoms with E-state index in [0.29, 0.717) is 19.6 Å². The third-order valence-corrected chi connectivity index (χ3v) is 5.32. The number of carboxylic acid groups (broad SMARTS) is 1. The van der Waals surface area contributed by atoms with Crippen molar-refractivity contribution in [2.45, 2.75) is 11.3 Å². The number of hydrogen-bond donors (Lipinski definition) is 2. The van der Waals surface area contributed by atoms with Gasteiger partial charge in [-0.1, -0.05) is 11.6 Å². The largest absolute Gasteiger partial charge is 0.478 e. The number of hydrogen-bond acceptors (Lipinski definition) is 4. The van der Waals surface area contributed by atoms with Gasteiger partial charge in [0.2, 0.25) is 10.0 Å². The van der Waals surface area contributed by atoms with E-state index in [0.717, 1.165) is 13.0 Å². The van der Waals surface area contributed by atoms with Gasteiger partial charge in [-0.3, -0.25) is 0 Å². The molecular weight excluding hydrogens is 304 g/mol. The Hall–Kier alpha value is -1.15. The van der Waals surface area contributed by atoms with E-state index in [1.165, 1.54) is 22.5 Å². The second kappa shape index (κ2) is 6.09. The summed E-state index contributed by atoms with van der Waals surface area (Å²) in [5, 5.41) is 11.9. The van der Waals surface area contributed by atoms with E-state index in [2.05, 4.69) is 5.32 Å². The Kier molecular flexibility index (Phi) is 4.64. The van der Waals surface area contributed by atoms with Crippen LogP contribution in [0.2, 0.25) is 5.02 Å². The number of carbonyl (C=O) groups is 1. The normalized spacial score (nSPS) is 17.6. The van der Waals surface area contributed by atoms with Gasteiger partial charge in [0.25, 0.3) is 0 Å². The highest BCUT2D eigenvalue weighted by Gasteiger charge is 2.26. The van der Waals surface area contributed by atoms with Crippen molar-refractivity contribution in [2.24, 2.45) is 0 Å². The SMILES string of the molecule is O=C(O)c1ccc(S(=O)(=O)N2CCCNCC2)cc1Cl. The molecule has 0 saturated carbocycles. The van der Waals surface area contributed by atoms with Crippen LogP contribution in [0.4, 0.5) is 0 Å². The fourth-order valence-corrected chi connectivity index (χ4v) is 3.87. The van der Waals surface area contributed by atoms with E-state index in [-0.39, 0.29) is 15.5 Å². The summed E-state index contributed by atoms with van der Waals surface area (Å²) >= 11 is 5.83. The topological polar surface area (TPSA) is 86.7 Å². The molecule has 0 spiro atoms. The molecule has 20 heavy (non-hydrogen) atoms. The zero-order valence-corrected chi connectivity index (χ0v) is 12.2. The molecule has 0 radical (unpaired) electrons. The number of halogens is 1. The van der Waals surface area contributed by atoms with Crippen LogP contribution in [0.3, 0.4) is 0 Å². The fraction of sp³-hybridized carbons (Fsp3) is 0.417. The van der Waals surface area contributed by atoms with Crippen molar-refractivity contribution in [1.29, 1.82) is 0 Å². The molecule has 8 heteroatoms. The summed E-state index contributed by atoms with van der Waals surface area (Å²) in [4.78, 5) is 10.9. The Morgan fingerprint density at radius 1 is 1.30 bits per heavy atom. The van der Waals surface area contributed by atoms with E-state index in [9.17, 15) is 13.2 Å². The van der Waals surface area contributed by atoms with E-state index in [1.807, 2.05) is 0 Å². The maximum atomic E-state index is 12.5. The molecule has 1 saturated heterocycles. The van der Waals surface area contributed by atoms with Gasteiger partial charge >= 0.3 is 5.97 Å². The molecule has 1 aromatic carbocycles. The maximum Gasteiger partial charge on any atom is 0.337 e. The molecular formula is C12H15ClN2O4S. The van der Waals surface area contributed by atoms with Crippen molar-refractivity contribution >= 4 is 27.6 Å². The van der Waals surface area contributed by atoms with Crippen LogP contribution in [0.5, 0.6) is 0 Å². The Bertz CT molecular complexity index is 610. The van der Waals surface area contributed by atoms with E-state index in [4.69, 9.17) is 16.7 Å². The van der Waals surface area contributed by atoms with Crippen LogP contribution >= 0.6 is 11.6 Å². The Morgan fingerprint density at radius 2 is 2.05 bits per heavy atom. The van der Waals surface area contributed by atoms with Gasteiger partial charge in [-0.05, 0) is 31.2 Å². The van der Waals surface area contributed by atoms with Crippen LogP contribution in [0.25, 0.3) is 0 Å². The number of benzene rings is 1. The van der Waals surface area contributed by atoms with Gasteiger partial charge in [0.15, 0.2) is 0 Å². The minimum absolute atomic E-state index is 0.0226. The molecule has 2 N–H and O–H groups in total. The van der Waals surface area contributed by atoms with E-state index < -0.39 is 16.0 Å². The van der Waals surface area contributed by atoms with Crippen molar-refractivity contribution in [1.82, 2.24) is 9.62 Å². The van der Waals surface area contributed by atoms with Crippen molar-refractivity contribution in [2.75, 3.05) is 26.2 Å². The highest BCUT2D eigenvalue weighted by molar-refractivity contribution is 7.89. The summed E-state index contributed by atoms with van der Waals surface area (Å²) in [5.41, 5.74) is -0.108. The molecule has 0 unspecified atom stereocenters. The van der Waals surface area contributed by atoms with Gasteiger partial charge in [0, 0.05) is 19.6 Å². The smallest absolute Gasteiger partial charge is 0.337 e. The summed E-state index contributed by atoms with van der Waals surface area (Å²) in [6, 6.07) is 3.69. The first kappa shape index (κ1) is 15.2. The second-order valence-corrected chi connectivity index (χ2v) is 6.80. The lowest BCUT2D eigenvalue weighted by molar-refractivity contribution is 0.0697. The lowest BCUT2D eigenvalue weighted by Gasteiger charge is -2.19. The zero-order valence-electron chi connectivity index (χ0n) is 10.7. The first-order chi connectivity index (χ1) is 9.43. The monoisotopic (exact) mass is 318 g/mol. The quantitative estimate of drug-likeness (QED) is 0.869. The molecule has 0 aromatic heterocycles. The van der Waals surface area contributed by atoms with E-state index in [1.54, 1.807) is 0 Å². The number of carboxylic acids is 1. The molecule has 6 nitrogen and oxygen atoms in total. The van der Waals surface area contributed by atoms with Crippen LogP contribution < -0.4 is 5.32 Å². The van der Waals surface area contributed by atoms with Crippen LogP contribution in [0.1, 0.15) is 16.8 Å². The highest BCUT2D eigenvalue weighted by Crippen LogP contribution is 2.23. The first-order valence-corrected chi connectivity index (χ1v) is 7.98. The number of sulfonamides is 1. The Labute approximate surface area is 122 Å². The molecule has 0 aliphatic carbocycles. The highest BCUT2D eigenvalue weighted by atomic mass is 35.5. The number of nitrogens with one attached hydrogen (secondary N) is 1. The summed E-state index contributed by atoms with van der Waals surface area (Å²) in [6.45, 7) is 2.21. The van der Waals surface area contributed by atoms with Gasteiger partial charge < -0.3 is 10.4 Å². The molecule has 1 aliphatic heterocycles. The van der Waals surface area contributed by atoms with Crippen molar-refractivity contribution in [3.8, 4) is 0 Å². The maximum absolute atomic E-state index is 12.5. The van der Waals surface area contributed by atoms with Crippen LogP contribution in [-0.4, -0.2) is 50.0 Å². The third kappa shape index (κ3) is 3.12.